The van der Waals surface area contributed by atoms with Crippen molar-refractivity contribution in [1.29, 1.82) is 0 Å². The van der Waals surface area contributed by atoms with Crippen LogP contribution in [0.2, 0.25) is 0 Å². The Labute approximate surface area is 121 Å². The number of ether oxygens (including phenoxy) is 1. The van der Waals surface area contributed by atoms with Gasteiger partial charge in [0.2, 0.25) is 5.91 Å². The lowest BCUT2D eigenvalue weighted by Crippen LogP contribution is -2.50. The number of hydrogen-bond acceptors (Lipinski definition) is 5. The number of rotatable bonds is 6. The van der Waals surface area contributed by atoms with Crippen molar-refractivity contribution in [2.45, 2.75) is 18.9 Å². The van der Waals surface area contributed by atoms with Gasteiger partial charge in [-0.15, -0.1) is 0 Å². The summed E-state index contributed by atoms with van der Waals surface area (Å²) in [6.45, 7) is 3.33. The van der Waals surface area contributed by atoms with Crippen molar-refractivity contribution in [3.8, 4) is 0 Å². The zero-order chi connectivity index (χ0) is 14.8. The summed E-state index contributed by atoms with van der Waals surface area (Å²) in [5, 5.41) is 0. The number of sulfone groups is 1. The smallest absolute Gasteiger partial charge is 0.237 e. The van der Waals surface area contributed by atoms with E-state index in [2.05, 4.69) is 11.9 Å². The number of carbonyl (C=O) groups is 1. The van der Waals surface area contributed by atoms with Crippen molar-refractivity contribution in [2.24, 2.45) is 5.92 Å². The van der Waals surface area contributed by atoms with Gasteiger partial charge in [0.15, 0.2) is 9.84 Å². The van der Waals surface area contributed by atoms with Crippen LogP contribution in [-0.2, 0) is 19.4 Å². The van der Waals surface area contributed by atoms with Gasteiger partial charge in [-0.2, -0.15) is 0 Å². The number of carbonyl (C=O) groups excluding carboxylic acids is 1. The van der Waals surface area contributed by atoms with Crippen molar-refractivity contribution in [1.82, 2.24) is 9.80 Å². The van der Waals surface area contributed by atoms with Gasteiger partial charge in [-0.1, -0.05) is 0 Å². The standard InChI is InChI=1S/C13H24N2O4S/c1-14(7-11-3-4-11)8-12-9-15(5-6-19-12)13(16)10-20(2,17)18/h11-12H,3-10H2,1-2H3/t12-/m1/s1. The van der Waals surface area contributed by atoms with E-state index < -0.39 is 15.6 Å². The Morgan fingerprint density at radius 3 is 2.65 bits per heavy atom. The molecule has 0 bridgehead atoms. The van der Waals surface area contributed by atoms with Crippen molar-refractivity contribution >= 4 is 15.7 Å². The molecule has 1 aliphatic carbocycles. The van der Waals surface area contributed by atoms with Crippen LogP contribution in [-0.4, -0.2) is 82.1 Å². The summed E-state index contributed by atoms with van der Waals surface area (Å²) in [4.78, 5) is 15.8. The first-order chi connectivity index (χ1) is 9.33. The Kier molecular flexibility index (Phi) is 5.04. The highest BCUT2D eigenvalue weighted by Gasteiger charge is 2.28. The molecule has 1 saturated heterocycles. The number of nitrogens with zero attached hydrogens (tertiary/aromatic N) is 2. The van der Waals surface area contributed by atoms with E-state index in [0.29, 0.717) is 19.7 Å². The lowest BCUT2D eigenvalue weighted by Gasteiger charge is -2.34. The molecule has 0 aromatic rings. The third-order valence-electron chi connectivity index (χ3n) is 3.66. The van der Waals surface area contributed by atoms with E-state index in [0.717, 1.165) is 25.3 Å². The van der Waals surface area contributed by atoms with Gasteiger partial charge in [-0.05, 0) is 25.8 Å². The van der Waals surface area contributed by atoms with Gasteiger partial charge in [0.05, 0.1) is 12.7 Å². The van der Waals surface area contributed by atoms with E-state index in [9.17, 15) is 13.2 Å². The van der Waals surface area contributed by atoms with Gasteiger partial charge < -0.3 is 14.5 Å². The van der Waals surface area contributed by atoms with Gasteiger partial charge in [-0.3, -0.25) is 4.79 Å². The van der Waals surface area contributed by atoms with Crippen LogP contribution in [0.3, 0.4) is 0 Å². The summed E-state index contributed by atoms with van der Waals surface area (Å²) in [5.41, 5.74) is 0. The maximum absolute atomic E-state index is 11.9. The van der Waals surface area contributed by atoms with E-state index in [1.807, 2.05) is 0 Å². The SMILES string of the molecule is CN(CC1CC1)C[C@@H]1CN(C(=O)CS(C)(=O)=O)CCO1. The first kappa shape index (κ1) is 15.7. The molecule has 0 radical (unpaired) electrons. The summed E-state index contributed by atoms with van der Waals surface area (Å²) >= 11 is 0. The van der Waals surface area contributed by atoms with Crippen LogP contribution in [0.25, 0.3) is 0 Å². The Balaban J connectivity index is 1.79. The molecule has 1 heterocycles. The van der Waals surface area contributed by atoms with E-state index in [1.54, 1.807) is 4.90 Å². The molecule has 116 valence electrons. The number of likely N-dealkylation sites (N-methyl/N-ethyl adjacent to an activating group) is 1. The molecule has 7 heteroatoms. The third-order valence-corrected chi connectivity index (χ3v) is 4.43. The van der Waals surface area contributed by atoms with Crippen LogP contribution in [0.1, 0.15) is 12.8 Å². The molecule has 2 aliphatic rings. The Hall–Kier alpha value is -0.660. The molecule has 2 rings (SSSR count). The lowest BCUT2D eigenvalue weighted by molar-refractivity contribution is -0.136. The average Bonchev–Trinajstić information content (AvgIpc) is 3.10. The molecular formula is C13H24N2O4S. The summed E-state index contributed by atoms with van der Waals surface area (Å²) in [7, 11) is -1.19. The molecule has 1 atom stereocenters. The minimum absolute atomic E-state index is 0.0176. The van der Waals surface area contributed by atoms with Gasteiger partial charge >= 0.3 is 0 Å². The topological polar surface area (TPSA) is 66.9 Å². The molecule has 0 unspecified atom stereocenters. The van der Waals surface area contributed by atoms with Crippen LogP contribution < -0.4 is 0 Å². The van der Waals surface area contributed by atoms with Gasteiger partial charge in [-0.25, -0.2) is 8.42 Å². The zero-order valence-corrected chi connectivity index (χ0v) is 13.1. The van der Waals surface area contributed by atoms with Crippen LogP contribution in [0.15, 0.2) is 0 Å². The Bertz CT molecular complexity index is 447. The summed E-state index contributed by atoms with van der Waals surface area (Å²) in [6, 6.07) is 0. The molecule has 2 fully saturated rings. The fraction of sp³-hybridized carbons (Fsp3) is 0.923. The Morgan fingerprint density at radius 1 is 1.35 bits per heavy atom. The second-order valence-electron chi connectivity index (χ2n) is 6.07. The number of hydrogen-bond donors (Lipinski definition) is 0. The molecule has 6 nitrogen and oxygen atoms in total. The largest absolute Gasteiger partial charge is 0.373 e. The molecule has 0 aromatic heterocycles. The predicted octanol–water partition coefficient (Wildman–Crippen LogP) is -0.400. The van der Waals surface area contributed by atoms with Crippen LogP contribution >= 0.6 is 0 Å². The molecule has 0 aromatic carbocycles. The average molecular weight is 304 g/mol. The van der Waals surface area contributed by atoms with E-state index >= 15 is 0 Å². The maximum atomic E-state index is 11.9. The zero-order valence-electron chi connectivity index (χ0n) is 12.2. The molecule has 20 heavy (non-hydrogen) atoms. The highest BCUT2D eigenvalue weighted by molar-refractivity contribution is 7.91. The Morgan fingerprint density at radius 2 is 2.05 bits per heavy atom. The first-order valence-corrected chi connectivity index (χ1v) is 9.15. The molecule has 1 amide bonds. The first-order valence-electron chi connectivity index (χ1n) is 7.09. The van der Waals surface area contributed by atoms with Crippen molar-refractivity contribution in [3.63, 3.8) is 0 Å². The minimum atomic E-state index is -3.26. The summed E-state index contributed by atoms with van der Waals surface area (Å²) < 4.78 is 28.0. The molecule has 0 N–H and O–H groups in total. The van der Waals surface area contributed by atoms with E-state index in [4.69, 9.17) is 4.74 Å². The van der Waals surface area contributed by atoms with Crippen molar-refractivity contribution in [2.75, 3.05) is 51.8 Å². The predicted molar refractivity (Wildman–Crippen MR) is 76.3 cm³/mol. The minimum Gasteiger partial charge on any atom is -0.373 e. The highest BCUT2D eigenvalue weighted by atomic mass is 32.2. The van der Waals surface area contributed by atoms with Crippen LogP contribution in [0.4, 0.5) is 0 Å². The fourth-order valence-electron chi connectivity index (χ4n) is 2.54. The van der Waals surface area contributed by atoms with Crippen LogP contribution in [0, 0.1) is 5.92 Å². The van der Waals surface area contributed by atoms with Gasteiger partial charge in [0.1, 0.15) is 5.75 Å². The second-order valence-corrected chi connectivity index (χ2v) is 8.21. The maximum Gasteiger partial charge on any atom is 0.237 e. The lowest BCUT2D eigenvalue weighted by atomic mass is 10.2. The number of morpholine rings is 1. The van der Waals surface area contributed by atoms with Gasteiger partial charge in [0, 0.05) is 32.4 Å². The van der Waals surface area contributed by atoms with Crippen molar-refractivity contribution in [3.05, 3.63) is 0 Å². The van der Waals surface area contributed by atoms with Crippen molar-refractivity contribution < 1.29 is 17.9 Å². The fourth-order valence-corrected chi connectivity index (χ4v) is 3.17. The van der Waals surface area contributed by atoms with Crippen LogP contribution in [0.5, 0.6) is 0 Å². The summed E-state index contributed by atoms with van der Waals surface area (Å²) in [5.74, 6) is 0.106. The molecule has 1 aliphatic heterocycles. The molecule has 1 saturated carbocycles. The number of amides is 1. The van der Waals surface area contributed by atoms with Gasteiger partial charge in [0.25, 0.3) is 0 Å². The quantitative estimate of drug-likeness (QED) is 0.668. The van der Waals surface area contributed by atoms with E-state index in [-0.39, 0.29) is 12.0 Å². The monoisotopic (exact) mass is 304 g/mol. The second kappa shape index (κ2) is 6.41. The molecule has 0 spiro atoms. The normalized spacial score (nSPS) is 24.1. The summed E-state index contributed by atoms with van der Waals surface area (Å²) in [6.07, 6.45) is 3.70. The third kappa shape index (κ3) is 5.38. The molecular weight excluding hydrogens is 280 g/mol. The highest BCUT2D eigenvalue weighted by Crippen LogP contribution is 2.29. The van der Waals surface area contributed by atoms with E-state index in [1.165, 1.54) is 12.8 Å².